The second-order valence-corrected chi connectivity index (χ2v) is 7.89. The minimum Gasteiger partial charge on any atom is -0.497 e. The summed E-state index contributed by atoms with van der Waals surface area (Å²) in [7, 11) is 1.60. The van der Waals surface area contributed by atoms with Crippen molar-refractivity contribution in [1.29, 1.82) is 0 Å². The van der Waals surface area contributed by atoms with E-state index in [1.807, 2.05) is 48.5 Å². The highest BCUT2D eigenvalue weighted by Crippen LogP contribution is 2.29. The number of fused-ring (bicyclic) bond motifs is 2. The third kappa shape index (κ3) is 4.01. The lowest BCUT2D eigenvalue weighted by atomic mass is 10.2. The molecular formula is C26H22FN5O2. The zero-order chi connectivity index (χ0) is 23.7. The molecule has 0 bridgehead atoms. The number of ether oxygens (including phenoxy) is 1. The number of nitrogens with two attached hydrogens (primary N) is 1. The van der Waals surface area contributed by atoms with Gasteiger partial charge in [0.1, 0.15) is 28.5 Å². The molecular weight excluding hydrogens is 433 g/mol. The van der Waals surface area contributed by atoms with Crippen molar-refractivity contribution in [1.82, 2.24) is 19.9 Å². The lowest BCUT2D eigenvalue weighted by Crippen LogP contribution is -2.24. The van der Waals surface area contributed by atoms with Crippen molar-refractivity contribution in [2.75, 3.05) is 12.8 Å². The first kappa shape index (κ1) is 21.4. The fourth-order valence-electron chi connectivity index (χ4n) is 3.89. The van der Waals surface area contributed by atoms with E-state index in [1.54, 1.807) is 23.8 Å². The molecule has 5 aromatic rings. The average molecular weight is 455 g/mol. The summed E-state index contributed by atoms with van der Waals surface area (Å²) in [5.41, 5.74) is 10.8. The number of benzene rings is 3. The number of para-hydroxylation sites is 2. The molecule has 34 heavy (non-hydrogen) atoms. The molecule has 170 valence electrons. The van der Waals surface area contributed by atoms with Gasteiger partial charge in [-0.3, -0.25) is 4.79 Å². The molecule has 0 saturated carbocycles. The molecule has 2 aromatic heterocycles. The topological polar surface area (TPSA) is 95.1 Å². The number of hydrogen-bond donors (Lipinski definition) is 2. The molecule has 3 N–H and O–H groups in total. The normalized spacial score (nSPS) is 11.1. The minimum absolute atomic E-state index is 0.252. The number of nitrogens with zero attached hydrogens (tertiary/aromatic N) is 3. The first-order valence-corrected chi connectivity index (χ1v) is 10.7. The van der Waals surface area contributed by atoms with Crippen LogP contribution in [0.1, 0.15) is 21.5 Å². The second-order valence-electron chi connectivity index (χ2n) is 7.89. The maximum Gasteiger partial charge on any atom is 0.257 e. The van der Waals surface area contributed by atoms with Gasteiger partial charge in [0.25, 0.3) is 5.91 Å². The van der Waals surface area contributed by atoms with Crippen LogP contribution in [-0.4, -0.2) is 27.6 Å². The molecule has 0 aliphatic rings. The predicted molar refractivity (Wildman–Crippen MR) is 129 cm³/mol. The first-order chi connectivity index (χ1) is 16.5. The number of nitrogen functional groups attached to an aromatic ring is 1. The van der Waals surface area contributed by atoms with E-state index in [4.69, 9.17) is 20.4 Å². The number of carbonyl (C=O) groups is 1. The summed E-state index contributed by atoms with van der Waals surface area (Å²) < 4.78 is 20.3. The Morgan fingerprint density at radius 1 is 0.971 bits per heavy atom. The van der Waals surface area contributed by atoms with E-state index < -0.39 is 0 Å². The van der Waals surface area contributed by atoms with Gasteiger partial charge in [-0.05, 0) is 47.5 Å². The molecule has 0 spiro atoms. The highest BCUT2D eigenvalue weighted by atomic mass is 19.1. The molecule has 1 amide bonds. The Labute approximate surface area is 195 Å². The Bertz CT molecular complexity index is 1490. The molecule has 8 heteroatoms. The number of anilines is 1. The van der Waals surface area contributed by atoms with E-state index in [2.05, 4.69) is 5.32 Å². The Morgan fingerprint density at radius 3 is 2.29 bits per heavy atom. The van der Waals surface area contributed by atoms with Gasteiger partial charge in [0.05, 0.1) is 24.7 Å². The molecule has 0 aliphatic carbocycles. The molecule has 0 aliphatic heterocycles. The van der Waals surface area contributed by atoms with Crippen molar-refractivity contribution in [3.63, 3.8) is 0 Å². The molecule has 0 unspecified atom stereocenters. The number of nitrogens with one attached hydrogen (secondary N) is 1. The van der Waals surface area contributed by atoms with E-state index in [1.165, 1.54) is 12.1 Å². The van der Waals surface area contributed by atoms with Crippen molar-refractivity contribution in [2.45, 2.75) is 13.1 Å². The average Bonchev–Trinajstić information content (AvgIpc) is 3.13. The lowest BCUT2D eigenvalue weighted by molar-refractivity contribution is 0.0953. The van der Waals surface area contributed by atoms with E-state index in [9.17, 15) is 9.18 Å². The van der Waals surface area contributed by atoms with E-state index >= 15 is 0 Å². The molecule has 3 aromatic carbocycles. The van der Waals surface area contributed by atoms with Gasteiger partial charge in [-0.2, -0.15) is 0 Å². The Kier molecular flexibility index (Phi) is 5.55. The van der Waals surface area contributed by atoms with Crippen LogP contribution in [-0.2, 0) is 13.1 Å². The summed E-state index contributed by atoms with van der Waals surface area (Å²) in [5, 5.41) is 2.93. The van der Waals surface area contributed by atoms with E-state index in [0.29, 0.717) is 35.3 Å². The number of aromatic nitrogens is 3. The van der Waals surface area contributed by atoms with Crippen LogP contribution in [0.4, 0.5) is 10.2 Å². The fraction of sp³-hybridized carbons (Fsp3) is 0.115. The lowest BCUT2D eigenvalue weighted by Gasteiger charge is -2.09. The van der Waals surface area contributed by atoms with Gasteiger partial charge < -0.3 is 20.4 Å². The standard InChI is InChI=1S/C26H22FN5O2/c1-34-19-12-8-16(9-13-19)14-29-26(33)22-23-25(31-21-5-3-2-4-20(21)30-23)32(24(22)28)15-17-6-10-18(27)11-7-17/h2-13H,14-15,28H2,1H3,(H,29,33). The van der Waals surface area contributed by atoms with Crippen molar-refractivity contribution in [3.8, 4) is 5.75 Å². The molecule has 0 atom stereocenters. The highest BCUT2D eigenvalue weighted by molar-refractivity contribution is 6.10. The monoisotopic (exact) mass is 455 g/mol. The Balaban J connectivity index is 1.55. The summed E-state index contributed by atoms with van der Waals surface area (Å²) in [4.78, 5) is 22.7. The fourth-order valence-corrected chi connectivity index (χ4v) is 3.89. The number of amides is 1. The Hall–Kier alpha value is -4.46. The van der Waals surface area contributed by atoms with Gasteiger partial charge >= 0.3 is 0 Å². The summed E-state index contributed by atoms with van der Waals surface area (Å²) >= 11 is 0. The van der Waals surface area contributed by atoms with Crippen LogP contribution < -0.4 is 15.8 Å². The van der Waals surface area contributed by atoms with Crippen molar-refractivity contribution in [3.05, 3.63) is 95.3 Å². The molecule has 0 radical (unpaired) electrons. The van der Waals surface area contributed by atoms with Crippen LogP contribution in [0.3, 0.4) is 0 Å². The van der Waals surface area contributed by atoms with Crippen molar-refractivity contribution >= 4 is 33.9 Å². The van der Waals surface area contributed by atoms with Gasteiger partial charge in [-0.15, -0.1) is 0 Å². The largest absolute Gasteiger partial charge is 0.497 e. The van der Waals surface area contributed by atoms with Crippen molar-refractivity contribution < 1.29 is 13.9 Å². The third-order valence-corrected chi connectivity index (χ3v) is 5.68. The third-order valence-electron chi connectivity index (χ3n) is 5.68. The maximum absolute atomic E-state index is 13.4. The van der Waals surface area contributed by atoms with E-state index in [-0.39, 0.29) is 23.1 Å². The summed E-state index contributed by atoms with van der Waals surface area (Å²) in [6.07, 6.45) is 0. The predicted octanol–water partition coefficient (Wildman–Crippen LogP) is 4.29. The van der Waals surface area contributed by atoms with Gasteiger partial charge in [-0.25, -0.2) is 14.4 Å². The van der Waals surface area contributed by atoms with Gasteiger partial charge in [0.15, 0.2) is 5.65 Å². The number of rotatable bonds is 6. The molecule has 0 fully saturated rings. The number of hydrogen-bond acceptors (Lipinski definition) is 5. The van der Waals surface area contributed by atoms with E-state index in [0.717, 1.165) is 16.9 Å². The quantitative estimate of drug-likeness (QED) is 0.398. The molecule has 5 rings (SSSR count). The van der Waals surface area contributed by atoms with Crippen LogP contribution in [0.2, 0.25) is 0 Å². The smallest absolute Gasteiger partial charge is 0.257 e. The van der Waals surface area contributed by atoms with Crippen LogP contribution >= 0.6 is 0 Å². The highest BCUT2D eigenvalue weighted by Gasteiger charge is 2.24. The van der Waals surface area contributed by atoms with Gasteiger partial charge in [0, 0.05) is 6.54 Å². The van der Waals surface area contributed by atoms with Crippen molar-refractivity contribution in [2.24, 2.45) is 0 Å². The molecule has 7 nitrogen and oxygen atoms in total. The summed E-state index contributed by atoms with van der Waals surface area (Å²) in [6.45, 7) is 0.634. The van der Waals surface area contributed by atoms with Gasteiger partial charge in [0.2, 0.25) is 0 Å². The number of halogens is 1. The minimum atomic E-state index is -0.347. The summed E-state index contributed by atoms with van der Waals surface area (Å²) in [6, 6.07) is 21.0. The number of carbonyl (C=O) groups excluding carboxylic acids is 1. The number of methoxy groups -OCH3 is 1. The molecule has 0 saturated heterocycles. The zero-order valence-electron chi connectivity index (χ0n) is 18.5. The van der Waals surface area contributed by atoms with Gasteiger partial charge in [-0.1, -0.05) is 36.4 Å². The first-order valence-electron chi connectivity index (χ1n) is 10.7. The SMILES string of the molecule is COc1ccc(CNC(=O)c2c(N)n(Cc3ccc(F)cc3)c3nc4ccccc4nc23)cc1. The van der Waals surface area contributed by atoms with Crippen LogP contribution in [0, 0.1) is 5.82 Å². The van der Waals surface area contributed by atoms with Crippen LogP contribution in [0.15, 0.2) is 72.8 Å². The zero-order valence-corrected chi connectivity index (χ0v) is 18.5. The van der Waals surface area contributed by atoms with Crippen LogP contribution in [0.25, 0.3) is 22.2 Å². The second kappa shape index (κ2) is 8.82. The maximum atomic E-state index is 13.4. The summed E-state index contributed by atoms with van der Waals surface area (Å²) in [5.74, 6) is 0.325. The molecule has 2 heterocycles. The van der Waals surface area contributed by atoms with Crippen LogP contribution in [0.5, 0.6) is 5.75 Å². The Morgan fingerprint density at radius 2 is 1.62 bits per heavy atom.